The zero-order valence-corrected chi connectivity index (χ0v) is 12.5. The van der Waals surface area contributed by atoms with Gasteiger partial charge in [0.15, 0.2) is 0 Å². The van der Waals surface area contributed by atoms with E-state index < -0.39 is 0 Å². The Labute approximate surface area is 118 Å². The van der Waals surface area contributed by atoms with Gasteiger partial charge in [-0.1, -0.05) is 32.1 Å². The van der Waals surface area contributed by atoms with Crippen molar-refractivity contribution in [2.24, 2.45) is 10.8 Å². The van der Waals surface area contributed by atoms with Crippen molar-refractivity contribution in [1.29, 1.82) is 0 Å². The molecule has 110 valence electrons. The summed E-state index contributed by atoms with van der Waals surface area (Å²) in [6.07, 6.45) is 15.4. The Bertz CT molecular complexity index is 280. The number of aliphatic hydroxyl groups is 1. The van der Waals surface area contributed by atoms with Crippen molar-refractivity contribution < 1.29 is 5.11 Å². The summed E-state index contributed by atoms with van der Waals surface area (Å²) in [6.45, 7) is 4.16. The average Bonchev–Trinajstić information content (AvgIpc) is 2.92. The normalized spacial score (nSPS) is 30.8. The van der Waals surface area contributed by atoms with Crippen LogP contribution in [0.2, 0.25) is 0 Å². The molecule has 1 spiro atoms. The van der Waals surface area contributed by atoms with E-state index in [9.17, 15) is 5.11 Å². The Morgan fingerprint density at radius 2 is 1.32 bits per heavy atom. The molecule has 1 aliphatic heterocycles. The van der Waals surface area contributed by atoms with Gasteiger partial charge in [0.05, 0.1) is 0 Å². The molecule has 3 fully saturated rings. The molecule has 1 saturated heterocycles. The van der Waals surface area contributed by atoms with Gasteiger partial charge in [-0.3, -0.25) is 0 Å². The average molecular weight is 265 g/mol. The Morgan fingerprint density at radius 1 is 0.737 bits per heavy atom. The number of hydrogen-bond acceptors (Lipinski definition) is 2. The Morgan fingerprint density at radius 3 is 1.89 bits per heavy atom. The third kappa shape index (κ3) is 3.00. The first kappa shape index (κ1) is 13.9. The highest BCUT2D eigenvalue weighted by molar-refractivity contribution is 4.92. The number of likely N-dealkylation sites (tertiary alicyclic amines) is 1. The zero-order valence-electron chi connectivity index (χ0n) is 12.5. The van der Waals surface area contributed by atoms with Crippen LogP contribution in [0.4, 0.5) is 0 Å². The van der Waals surface area contributed by atoms with E-state index in [1.807, 2.05) is 0 Å². The van der Waals surface area contributed by atoms with E-state index >= 15 is 0 Å². The SMILES string of the molecule is OCC1(CN2CCC3(CCCCC3)CC2)CCCC1. The first-order chi connectivity index (χ1) is 9.26. The summed E-state index contributed by atoms with van der Waals surface area (Å²) >= 11 is 0. The number of rotatable bonds is 3. The molecular weight excluding hydrogens is 234 g/mol. The quantitative estimate of drug-likeness (QED) is 0.843. The van der Waals surface area contributed by atoms with Crippen LogP contribution in [0.25, 0.3) is 0 Å². The number of piperidine rings is 1. The van der Waals surface area contributed by atoms with Gasteiger partial charge in [0.25, 0.3) is 0 Å². The minimum Gasteiger partial charge on any atom is -0.396 e. The fourth-order valence-corrected chi connectivity index (χ4v) is 4.95. The van der Waals surface area contributed by atoms with Crippen molar-refractivity contribution in [3.8, 4) is 0 Å². The van der Waals surface area contributed by atoms with E-state index in [-0.39, 0.29) is 5.41 Å². The van der Waals surface area contributed by atoms with E-state index in [4.69, 9.17) is 0 Å². The minimum absolute atomic E-state index is 0.261. The summed E-state index contributed by atoms with van der Waals surface area (Å²) in [5, 5.41) is 9.76. The Hall–Kier alpha value is -0.0800. The standard InChI is InChI=1S/C17H31NO/c19-15-17(8-4-5-9-17)14-18-12-10-16(11-13-18)6-2-1-3-7-16/h19H,1-15H2. The molecular formula is C17H31NO. The molecule has 1 N–H and O–H groups in total. The summed E-state index contributed by atoms with van der Waals surface area (Å²) in [5.41, 5.74) is 0.980. The van der Waals surface area contributed by atoms with Crippen LogP contribution in [-0.4, -0.2) is 36.2 Å². The summed E-state index contributed by atoms with van der Waals surface area (Å²) < 4.78 is 0. The molecule has 0 bridgehead atoms. The number of aliphatic hydroxyl groups excluding tert-OH is 1. The summed E-state index contributed by atoms with van der Waals surface area (Å²) in [5.74, 6) is 0. The van der Waals surface area contributed by atoms with E-state index in [1.54, 1.807) is 0 Å². The van der Waals surface area contributed by atoms with Gasteiger partial charge < -0.3 is 10.0 Å². The van der Waals surface area contributed by atoms with Crippen LogP contribution in [0, 0.1) is 10.8 Å². The van der Waals surface area contributed by atoms with Gasteiger partial charge in [-0.05, 0) is 57.0 Å². The fourth-order valence-electron chi connectivity index (χ4n) is 4.95. The molecule has 3 aliphatic rings. The van der Waals surface area contributed by atoms with Crippen LogP contribution in [0.15, 0.2) is 0 Å². The molecule has 19 heavy (non-hydrogen) atoms. The number of nitrogens with zero attached hydrogens (tertiary/aromatic N) is 1. The molecule has 1 heterocycles. The lowest BCUT2D eigenvalue weighted by atomic mass is 9.68. The lowest BCUT2D eigenvalue weighted by Gasteiger charge is -2.46. The van der Waals surface area contributed by atoms with Crippen LogP contribution >= 0.6 is 0 Å². The molecule has 0 aromatic heterocycles. The molecule has 2 aliphatic carbocycles. The fraction of sp³-hybridized carbons (Fsp3) is 1.00. The Balaban J connectivity index is 1.52. The maximum absolute atomic E-state index is 9.76. The molecule has 0 unspecified atom stereocenters. The molecule has 0 aromatic rings. The van der Waals surface area contributed by atoms with Gasteiger partial charge in [0, 0.05) is 18.6 Å². The second-order valence-electron chi connectivity index (χ2n) is 7.70. The second kappa shape index (κ2) is 5.73. The van der Waals surface area contributed by atoms with Crippen molar-refractivity contribution >= 4 is 0 Å². The first-order valence-electron chi connectivity index (χ1n) is 8.59. The third-order valence-electron chi connectivity index (χ3n) is 6.39. The first-order valence-corrected chi connectivity index (χ1v) is 8.59. The number of hydrogen-bond donors (Lipinski definition) is 1. The molecule has 0 radical (unpaired) electrons. The van der Waals surface area contributed by atoms with Gasteiger partial charge in [-0.15, -0.1) is 0 Å². The van der Waals surface area contributed by atoms with E-state index in [2.05, 4.69) is 4.90 Å². The van der Waals surface area contributed by atoms with Crippen molar-refractivity contribution in [3.63, 3.8) is 0 Å². The molecule has 0 atom stereocenters. The van der Waals surface area contributed by atoms with E-state index in [0.29, 0.717) is 6.61 Å². The van der Waals surface area contributed by atoms with E-state index in [1.165, 1.54) is 90.3 Å². The maximum atomic E-state index is 9.76. The second-order valence-corrected chi connectivity index (χ2v) is 7.70. The molecule has 2 saturated carbocycles. The summed E-state index contributed by atoms with van der Waals surface area (Å²) in [4.78, 5) is 2.67. The summed E-state index contributed by atoms with van der Waals surface area (Å²) in [6, 6.07) is 0. The molecule has 0 aromatic carbocycles. The van der Waals surface area contributed by atoms with Crippen molar-refractivity contribution in [1.82, 2.24) is 4.90 Å². The van der Waals surface area contributed by atoms with Crippen molar-refractivity contribution in [2.45, 2.75) is 70.6 Å². The van der Waals surface area contributed by atoms with Crippen LogP contribution in [0.5, 0.6) is 0 Å². The maximum Gasteiger partial charge on any atom is 0.0499 e. The smallest absolute Gasteiger partial charge is 0.0499 e. The molecule has 2 heteroatoms. The van der Waals surface area contributed by atoms with Gasteiger partial charge in [0.1, 0.15) is 0 Å². The van der Waals surface area contributed by atoms with Gasteiger partial charge in [0.2, 0.25) is 0 Å². The summed E-state index contributed by atoms with van der Waals surface area (Å²) in [7, 11) is 0. The molecule has 2 nitrogen and oxygen atoms in total. The van der Waals surface area contributed by atoms with Gasteiger partial charge >= 0.3 is 0 Å². The highest BCUT2D eigenvalue weighted by atomic mass is 16.3. The third-order valence-corrected chi connectivity index (χ3v) is 6.39. The predicted molar refractivity (Wildman–Crippen MR) is 79.2 cm³/mol. The van der Waals surface area contributed by atoms with Crippen LogP contribution < -0.4 is 0 Å². The largest absolute Gasteiger partial charge is 0.396 e. The lowest BCUT2D eigenvalue weighted by Crippen LogP contribution is -2.46. The minimum atomic E-state index is 0.261. The Kier molecular flexibility index (Phi) is 4.19. The van der Waals surface area contributed by atoms with Crippen LogP contribution in [0.1, 0.15) is 70.6 Å². The molecule has 3 rings (SSSR count). The van der Waals surface area contributed by atoms with E-state index in [0.717, 1.165) is 5.41 Å². The highest BCUT2D eigenvalue weighted by Gasteiger charge is 2.39. The van der Waals surface area contributed by atoms with Crippen LogP contribution in [0.3, 0.4) is 0 Å². The van der Waals surface area contributed by atoms with Crippen LogP contribution in [-0.2, 0) is 0 Å². The van der Waals surface area contributed by atoms with Gasteiger partial charge in [-0.2, -0.15) is 0 Å². The topological polar surface area (TPSA) is 23.5 Å². The zero-order chi connectivity index (χ0) is 13.2. The molecule has 0 amide bonds. The van der Waals surface area contributed by atoms with Crippen molar-refractivity contribution in [3.05, 3.63) is 0 Å². The highest BCUT2D eigenvalue weighted by Crippen LogP contribution is 2.45. The monoisotopic (exact) mass is 265 g/mol. The predicted octanol–water partition coefficient (Wildman–Crippen LogP) is 3.59. The van der Waals surface area contributed by atoms with Crippen molar-refractivity contribution in [2.75, 3.05) is 26.2 Å². The van der Waals surface area contributed by atoms with Gasteiger partial charge in [-0.25, -0.2) is 0 Å². The lowest BCUT2D eigenvalue weighted by molar-refractivity contribution is 0.0238.